The first kappa shape index (κ1) is 23.9. The van der Waals surface area contributed by atoms with Gasteiger partial charge in [0.1, 0.15) is 26.2 Å². The minimum absolute atomic E-state index is 0.246. The van der Waals surface area contributed by atoms with Crippen LogP contribution in [0.15, 0.2) is 48.5 Å². The molecule has 2 heterocycles. The standard InChI is InChI=1S/C20H23N3O3.2C2H6/c1-16-14-20(26-13-10-23(24)8-11-25-12-9-23)21-22(16)19-7-6-17-4-2-3-5-18(17)15-19;2*1-2/h2-7,14-15H,8-13H2,1H3;2*1-2H3. The number of hydroxylamine groups is 3. The van der Waals surface area contributed by atoms with Gasteiger partial charge in [0.15, 0.2) is 0 Å². The quantitative estimate of drug-likeness (QED) is 0.431. The number of aryl methyl sites for hydroxylation is 1. The third-order valence-corrected chi connectivity index (χ3v) is 4.88. The first-order valence-electron chi connectivity index (χ1n) is 11.0. The van der Waals surface area contributed by atoms with E-state index in [0.29, 0.717) is 45.3 Å². The van der Waals surface area contributed by atoms with Crippen LogP contribution < -0.4 is 4.74 Å². The molecule has 1 aliphatic heterocycles. The van der Waals surface area contributed by atoms with Crippen LogP contribution >= 0.6 is 0 Å². The molecule has 2 aromatic carbocycles. The summed E-state index contributed by atoms with van der Waals surface area (Å²) >= 11 is 0. The van der Waals surface area contributed by atoms with Crippen molar-refractivity contribution in [2.75, 3.05) is 39.5 Å². The summed E-state index contributed by atoms with van der Waals surface area (Å²) < 4.78 is 12.6. The fraction of sp³-hybridized carbons (Fsp3) is 0.458. The molecule has 0 aliphatic carbocycles. The molecule has 0 bridgehead atoms. The summed E-state index contributed by atoms with van der Waals surface area (Å²) in [7, 11) is 0. The summed E-state index contributed by atoms with van der Waals surface area (Å²) in [5, 5.41) is 19.4. The van der Waals surface area contributed by atoms with Gasteiger partial charge in [-0.3, -0.25) is 0 Å². The molecule has 0 N–H and O–H groups in total. The molecular weight excluding hydrogens is 378 g/mol. The van der Waals surface area contributed by atoms with Crippen molar-refractivity contribution < 1.29 is 14.1 Å². The summed E-state index contributed by atoms with van der Waals surface area (Å²) in [6.45, 7) is 12.8. The number of fused-ring (bicyclic) bond motifs is 1. The van der Waals surface area contributed by atoms with Crippen LogP contribution in [0.25, 0.3) is 16.5 Å². The minimum atomic E-state index is -0.246. The highest BCUT2D eigenvalue weighted by atomic mass is 16.6. The monoisotopic (exact) mass is 413 g/mol. The molecule has 4 rings (SSSR count). The number of nitrogens with zero attached hydrogens (tertiary/aromatic N) is 3. The molecule has 1 aliphatic rings. The first-order valence-corrected chi connectivity index (χ1v) is 11.0. The van der Waals surface area contributed by atoms with Crippen LogP contribution in [0.2, 0.25) is 0 Å². The average molecular weight is 414 g/mol. The van der Waals surface area contributed by atoms with E-state index in [2.05, 4.69) is 35.4 Å². The van der Waals surface area contributed by atoms with Gasteiger partial charge in [0.25, 0.3) is 0 Å². The SMILES string of the molecule is CC.CC.Cc1cc(OCC[N+]2([O-])CCOCC2)nn1-c1ccc2ccccc2c1. The fourth-order valence-corrected chi connectivity index (χ4v) is 3.30. The van der Waals surface area contributed by atoms with E-state index < -0.39 is 0 Å². The Kier molecular flexibility index (Phi) is 9.30. The van der Waals surface area contributed by atoms with Gasteiger partial charge in [-0.1, -0.05) is 58.0 Å². The fourth-order valence-electron chi connectivity index (χ4n) is 3.30. The van der Waals surface area contributed by atoms with Crippen LogP contribution in [0, 0.1) is 12.1 Å². The average Bonchev–Trinajstić information content (AvgIpc) is 3.17. The Bertz CT molecular complexity index is 902. The second-order valence-corrected chi connectivity index (χ2v) is 6.76. The third-order valence-electron chi connectivity index (χ3n) is 4.88. The minimum Gasteiger partial charge on any atom is -0.633 e. The summed E-state index contributed by atoms with van der Waals surface area (Å²) in [4.78, 5) is 0. The Morgan fingerprint density at radius 2 is 1.67 bits per heavy atom. The Morgan fingerprint density at radius 1 is 1.00 bits per heavy atom. The van der Waals surface area contributed by atoms with Crippen molar-refractivity contribution in [2.24, 2.45) is 0 Å². The highest BCUT2D eigenvalue weighted by Gasteiger charge is 2.21. The van der Waals surface area contributed by atoms with E-state index >= 15 is 0 Å². The van der Waals surface area contributed by atoms with Crippen molar-refractivity contribution in [3.05, 3.63) is 59.4 Å². The molecule has 0 unspecified atom stereocenters. The van der Waals surface area contributed by atoms with Crippen LogP contribution in [-0.2, 0) is 4.74 Å². The van der Waals surface area contributed by atoms with Gasteiger partial charge in [-0.15, -0.1) is 5.10 Å². The van der Waals surface area contributed by atoms with E-state index in [9.17, 15) is 5.21 Å². The molecule has 1 fully saturated rings. The van der Waals surface area contributed by atoms with Gasteiger partial charge in [-0.25, -0.2) is 4.68 Å². The number of quaternary nitrogens is 1. The number of aromatic nitrogens is 2. The van der Waals surface area contributed by atoms with Gasteiger partial charge in [0, 0.05) is 11.8 Å². The zero-order chi connectivity index (χ0) is 22.0. The molecule has 3 aromatic rings. The second kappa shape index (κ2) is 11.7. The zero-order valence-corrected chi connectivity index (χ0v) is 18.9. The van der Waals surface area contributed by atoms with Crippen LogP contribution in [0.1, 0.15) is 33.4 Å². The summed E-state index contributed by atoms with van der Waals surface area (Å²) in [6, 6.07) is 16.4. The van der Waals surface area contributed by atoms with Gasteiger partial charge in [-0.05, 0) is 29.8 Å². The summed E-state index contributed by atoms with van der Waals surface area (Å²) in [5.41, 5.74) is 1.99. The highest BCUT2D eigenvalue weighted by molar-refractivity contribution is 5.84. The maximum atomic E-state index is 12.5. The molecule has 30 heavy (non-hydrogen) atoms. The molecule has 0 amide bonds. The molecule has 0 radical (unpaired) electrons. The largest absolute Gasteiger partial charge is 0.633 e. The maximum Gasteiger partial charge on any atom is 0.233 e. The van der Waals surface area contributed by atoms with Gasteiger partial charge in [0.2, 0.25) is 5.88 Å². The number of ether oxygens (including phenoxy) is 2. The van der Waals surface area contributed by atoms with Crippen LogP contribution in [0.3, 0.4) is 0 Å². The molecule has 0 spiro atoms. The van der Waals surface area contributed by atoms with Crippen LogP contribution in [0.4, 0.5) is 0 Å². The smallest absolute Gasteiger partial charge is 0.233 e. The molecule has 0 atom stereocenters. The van der Waals surface area contributed by atoms with Gasteiger partial charge in [0.05, 0.1) is 18.9 Å². The second-order valence-electron chi connectivity index (χ2n) is 6.76. The van der Waals surface area contributed by atoms with E-state index in [1.54, 1.807) is 0 Å². The maximum absolute atomic E-state index is 12.5. The topological polar surface area (TPSA) is 59.3 Å². The first-order chi connectivity index (χ1) is 14.6. The highest BCUT2D eigenvalue weighted by Crippen LogP contribution is 2.21. The lowest BCUT2D eigenvalue weighted by atomic mass is 10.1. The van der Waals surface area contributed by atoms with Crippen LogP contribution in [0.5, 0.6) is 5.88 Å². The number of morpholine rings is 1. The predicted molar refractivity (Wildman–Crippen MR) is 123 cm³/mol. The predicted octanol–water partition coefficient (Wildman–Crippen LogP) is 5.11. The Balaban J connectivity index is 0.000000757. The van der Waals surface area contributed by atoms with Crippen molar-refractivity contribution in [3.8, 4) is 11.6 Å². The molecule has 6 heteroatoms. The molecular formula is C24H35N3O3. The van der Waals surface area contributed by atoms with Gasteiger partial charge < -0.3 is 19.3 Å². The van der Waals surface area contributed by atoms with Crippen molar-refractivity contribution in [1.82, 2.24) is 9.78 Å². The van der Waals surface area contributed by atoms with Gasteiger partial charge >= 0.3 is 0 Å². The number of benzene rings is 2. The zero-order valence-electron chi connectivity index (χ0n) is 18.9. The number of hydrogen-bond donors (Lipinski definition) is 0. The van der Waals surface area contributed by atoms with Crippen molar-refractivity contribution in [2.45, 2.75) is 34.6 Å². The third kappa shape index (κ3) is 6.05. The van der Waals surface area contributed by atoms with Crippen molar-refractivity contribution in [3.63, 3.8) is 0 Å². The van der Waals surface area contributed by atoms with E-state index in [4.69, 9.17) is 9.47 Å². The lowest BCUT2D eigenvalue weighted by molar-refractivity contribution is -0.888. The van der Waals surface area contributed by atoms with E-state index in [-0.39, 0.29) is 4.65 Å². The normalized spacial score (nSPS) is 14.9. The number of rotatable bonds is 5. The molecule has 6 nitrogen and oxygen atoms in total. The van der Waals surface area contributed by atoms with E-state index in [0.717, 1.165) is 11.4 Å². The van der Waals surface area contributed by atoms with Crippen molar-refractivity contribution >= 4 is 10.8 Å². The lowest BCUT2D eigenvalue weighted by Gasteiger charge is -2.44. The van der Waals surface area contributed by atoms with Crippen LogP contribution in [-0.4, -0.2) is 53.9 Å². The Hall–Kier alpha value is -2.41. The Labute approximate surface area is 180 Å². The van der Waals surface area contributed by atoms with E-state index in [1.165, 1.54) is 10.8 Å². The van der Waals surface area contributed by atoms with E-state index in [1.807, 2.05) is 57.5 Å². The Morgan fingerprint density at radius 3 is 2.37 bits per heavy atom. The molecule has 0 saturated carbocycles. The van der Waals surface area contributed by atoms with Crippen molar-refractivity contribution in [1.29, 1.82) is 0 Å². The molecule has 1 aromatic heterocycles. The lowest BCUT2D eigenvalue weighted by Crippen LogP contribution is -2.52. The summed E-state index contributed by atoms with van der Waals surface area (Å²) in [5.74, 6) is 0.551. The summed E-state index contributed by atoms with van der Waals surface area (Å²) in [6.07, 6.45) is 0. The molecule has 164 valence electrons. The molecule has 1 saturated heterocycles. The van der Waals surface area contributed by atoms with Gasteiger partial charge in [-0.2, -0.15) is 0 Å². The number of hydrogen-bond acceptors (Lipinski definition) is 4.